The Morgan fingerprint density at radius 1 is 1.61 bits per heavy atom. The summed E-state index contributed by atoms with van der Waals surface area (Å²) >= 11 is 5.64. The molecule has 0 radical (unpaired) electrons. The summed E-state index contributed by atoms with van der Waals surface area (Å²) in [7, 11) is 0. The number of rotatable bonds is 7. The van der Waals surface area contributed by atoms with E-state index in [0.717, 1.165) is 12.8 Å². The summed E-state index contributed by atoms with van der Waals surface area (Å²) in [6.45, 7) is 2.60. The van der Waals surface area contributed by atoms with Crippen molar-refractivity contribution in [3.05, 3.63) is 21.6 Å². The molecule has 0 spiro atoms. The molecule has 0 saturated carbocycles. The predicted molar refractivity (Wildman–Crippen MR) is 67.7 cm³/mol. The quantitative estimate of drug-likeness (QED) is 0.341. The summed E-state index contributed by atoms with van der Waals surface area (Å²) in [5, 5.41) is 22.3. The van der Waals surface area contributed by atoms with Gasteiger partial charge in [-0.25, -0.2) is 9.97 Å². The maximum absolute atomic E-state index is 10.8. The van der Waals surface area contributed by atoms with Crippen LogP contribution in [-0.2, 0) is 0 Å². The number of aliphatic hydroxyl groups is 1. The molecule has 0 bridgehead atoms. The topological polar surface area (TPSA) is 101 Å². The second-order valence-electron chi connectivity index (χ2n) is 3.98. The van der Waals surface area contributed by atoms with Crippen molar-refractivity contribution < 1.29 is 10.0 Å². The fourth-order valence-electron chi connectivity index (χ4n) is 1.40. The highest BCUT2D eigenvalue weighted by molar-refractivity contribution is 6.31. The summed E-state index contributed by atoms with van der Waals surface area (Å²) in [5.74, 6) is 0.340. The first kappa shape index (κ1) is 14.6. The molecule has 1 unspecified atom stereocenters. The van der Waals surface area contributed by atoms with Gasteiger partial charge in [0.15, 0.2) is 0 Å². The van der Waals surface area contributed by atoms with E-state index in [9.17, 15) is 10.1 Å². The lowest BCUT2D eigenvalue weighted by atomic mass is 10.1. The summed E-state index contributed by atoms with van der Waals surface area (Å²) in [6.07, 6.45) is 2.78. The number of hydrogen-bond acceptors (Lipinski definition) is 6. The number of nitrogens with zero attached hydrogens (tertiary/aromatic N) is 3. The number of aromatic nitrogens is 2. The molecule has 0 saturated heterocycles. The van der Waals surface area contributed by atoms with Crippen molar-refractivity contribution in [2.75, 3.05) is 18.5 Å². The molecule has 0 amide bonds. The maximum atomic E-state index is 10.8. The fourth-order valence-corrected chi connectivity index (χ4v) is 1.60. The van der Waals surface area contributed by atoms with E-state index in [-0.39, 0.29) is 29.2 Å². The van der Waals surface area contributed by atoms with Crippen molar-refractivity contribution in [2.45, 2.75) is 19.8 Å². The highest BCUT2D eigenvalue weighted by Crippen LogP contribution is 2.28. The zero-order valence-electron chi connectivity index (χ0n) is 9.97. The molecule has 1 atom stereocenters. The van der Waals surface area contributed by atoms with E-state index in [1.165, 1.54) is 6.33 Å². The van der Waals surface area contributed by atoms with Gasteiger partial charge >= 0.3 is 5.69 Å². The fraction of sp³-hybridized carbons (Fsp3) is 0.600. The minimum absolute atomic E-state index is 0.122. The van der Waals surface area contributed by atoms with Crippen LogP contribution in [0.25, 0.3) is 0 Å². The Morgan fingerprint density at radius 2 is 2.33 bits per heavy atom. The van der Waals surface area contributed by atoms with Gasteiger partial charge in [-0.15, -0.1) is 0 Å². The van der Waals surface area contributed by atoms with Crippen molar-refractivity contribution in [3.8, 4) is 0 Å². The second-order valence-corrected chi connectivity index (χ2v) is 4.33. The van der Waals surface area contributed by atoms with Crippen LogP contribution in [0.15, 0.2) is 6.33 Å². The third kappa shape index (κ3) is 4.08. The standard InChI is InChI=1S/C10H15ClN4O3/c1-7(5-16)3-2-4-12-10-8(15(17)18)9(11)13-6-14-10/h6-7,16H,2-5H2,1H3,(H,12,13,14). The molecule has 1 heterocycles. The number of nitro groups is 1. The first-order valence-electron chi connectivity index (χ1n) is 5.55. The zero-order valence-corrected chi connectivity index (χ0v) is 10.7. The molecule has 1 aromatic rings. The van der Waals surface area contributed by atoms with E-state index >= 15 is 0 Å². The molecule has 18 heavy (non-hydrogen) atoms. The average Bonchev–Trinajstić information content (AvgIpc) is 2.33. The monoisotopic (exact) mass is 274 g/mol. The van der Waals surface area contributed by atoms with Crippen LogP contribution >= 0.6 is 11.6 Å². The second kappa shape index (κ2) is 7.07. The van der Waals surface area contributed by atoms with Crippen LogP contribution in [0, 0.1) is 16.0 Å². The summed E-state index contributed by atoms with van der Waals surface area (Å²) in [6, 6.07) is 0. The molecule has 7 nitrogen and oxygen atoms in total. The first-order chi connectivity index (χ1) is 8.56. The maximum Gasteiger partial charge on any atom is 0.348 e. The molecule has 100 valence electrons. The molecular formula is C10H15ClN4O3. The van der Waals surface area contributed by atoms with Crippen molar-refractivity contribution in [1.82, 2.24) is 9.97 Å². The van der Waals surface area contributed by atoms with E-state index < -0.39 is 4.92 Å². The van der Waals surface area contributed by atoms with Gasteiger partial charge in [-0.1, -0.05) is 18.5 Å². The van der Waals surface area contributed by atoms with E-state index in [4.69, 9.17) is 16.7 Å². The molecule has 0 aliphatic rings. The normalized spacial score (nSPS) is 12.2. The van der Waals surface area contributed by atoms with Gasteiger partial charge in [0.25, 0.3) is 0 Å². The van der Waals surface area contributed by atoms with Crippen molar-refractivity contribution in [2.24, 2.45) is 5.92 Å². The Bertz CT molecular complexity index is 416. The molecule has 1 rings (SSSR count). The Labute approximate surface area is 109 Å². The van der Waals surface area contributed by atoms with Gasteiger partial charge in [0.1, 0.15) is 6.33 Å². The van der Waals surface area contributed by atoms with Crippen LogP contribution in [0.5, 0.6) is 0 Å². The van der Waals surface area contributed by atoms with Crippen LogP contribution in [0.4, 0.5) is 11.5 Å². The van der Waals surface area contributed by atoms with Gasteiger partial charge in [-0.2, -0.15) is 0 Å². The van der Waals surface area contributed by atoms with Gasteiger partial charge in [-0.05, 0) is 18.8 Å². The number of aliphatic hydroxyl groups excluding tert-OH is 1. The molecule has 0 aliphatic carbocycles. The van der Waals surface area contributed by atoms with Crippen molar-refractivity contribution in [3.63, 3.8) is 0 Å². The largest absolute Gasteiger partial charge is 0.396 e. The Morgan fingerprint density at radius 3 is 2.94 bits per heavy atom. The summed E-state index contributed by atoms with van der Waals surface area (Å²) < 4.78 is 0. The third-order valence-electron chi connectivity index (χ3n) is 2.44. The van der Waals surface area contributed by atoms with E-state index in [1.54, 1.807) is 0 Å². The molecule has 8 heteroatoms. The predicted octanol–water partition coefficient (Wildman–Crippen LogP) is 1.86. The van der Waals surface area contributed by atoms with E-state index in [0.29, 0.717) is 6.54 Å². The van der Waals surface area contributed by atoms with Crippen LogP contribution in [0.2, 0.25) is 5.15 Å². The molecule has 0 aromatic carbocycles. The smallest absolute Gasteiger partial charge is 0.348 e. The Balaban J connectivity index is 2.57. The molecule has 0 aliphatic heterocycles. The third-order valence-corrected chi connectivity index (χ3v) is 2.71. The molecule has 0 fully saturated rings. The minimum Gasteiger partial charge on any atom is -0.396 e. The average molecular weight is 275 g/mol. The first-order valence-corrected chi connectivity index (χ1v) is 5.93. The van der Waals surface area contributed by atoms with Crippen LogP contribution in [-0.4, -0.2) is 33.1 Å². The van der Waals surface area contributed by atoms with Crippen LogP contribution < -0.4 is 5.32 Å². The van der Waals surface area contributed by atoms with Gasteiger partial charge in [0.05, 0.1) is 4.92 Å². The lowest BCUT2D eigenvalue weighted by Crippen LogP contribution is -2.09. The summed E-state index contributed by atoms with van der Waals surface area (Å²) in [4.78, 5) is 17.6. The van der Waals surface area contributed by atoms with Crippen LogP contribution in [0.1, 0.15) is 19.8 Å². The number of halogens is 1. The lowest BCUT2D eigenvalue weighted by Gasteiger charge is -2.09. The van der Waals surface area contributed by atoms with Crippen LogP contribution in [0.3, 0.4) is 0 Å². The number of anilines is 1. The van der Waals surface area contributed by atoms with Gasteiger partial charge < -0.3 is 10.4 Å². The van der Waals surface area contributed by atoms with Gasteiger partial charge in [-0.3, -0.25) is 10.1 Å². The highest BCUT2D eigenvalue weighted by atomic mass is 35.5. The number of nitrogens with one attached hydrogen (secondary N) is 1. The zero-order chi connectivity index (χ0) is 13.5. The number of hydrogen-bond donors (Lipinski definition) is 2. The molecular weight excluding hydrogens is 260 g/mol. The van der Waals surface area contributed by atoms with Crippen molar-refractivity contribution in [1.29, 1.82) is 0 Å². The van der Waals surface area contributed by atoms with E-state index in [1.807, 2.05) is 6.92 Å². The SMILES string of the molecule is CC(CO)CCCNc1ncnc(Cl)c1[N+](=O)[O-]. The Kier molecular flexibility index (Phi) is 5.73. The molecule has 1 aromatic heterocycles. The highest BCUT2D eigenvalue weighted by Gasteiger charge is 2.20. The van der Waals surface area contributed by atoms with E-state index in [2.05, 4.69) is 15.3 Å². The van der Waals surface area contributed by atoms with Gasteiger partial charge in [0.2, 0.25) is 11.0 Å². The lowest BCUT2D eigenvalue weighted by molar-refractivity contribution is -0.384. The molecule has 2 N–H and O–H groups in total. The van der Waals surface area contributed by atoms with Crippen molar-refractivity contribution >= 4 is 23.1 Å². The summed E-state index contributed by atoms with van der Waals surface area (Å²) in [5.41, 5.74) is -0.311. The minimum atomic E-state index is -0.610. The van der Waals surface area contributed by atoms with Gasteiger partial charge in [0, 0.05) is 13.2 Å². The Hall–Kier alpha value is -1.47.